The molecule has 1 N–H and O–H groups in total. The Morgan fingerprint density at radius 1 is 1.15 bits per heavy atom. The number of carbonyl (C=O) groups is 3. The number of piperidine rings is 1. The number of hydrogen-bond acceptors (Lipinski definition) is 6. The maximum atomic E-state index is 14.0. The number of fused-ring (bicyclic) bond motifs is 4. The second-order valence-corrected chi connectivity index (χ2v) is 9.19. The number of nitrogens with one attached hydrogen (secondary N) is 1. The summed E-state index contributed by atoms with van der Waals surface area (Å²) in [5.41, 5.74) is 0.544. The maximum Gasteiger partial charge on any atom is 0.331 e. The van der Waals surface area contributed by atoms with Crippen molar-refractivity contribution >= 4 is 29.2 Å². The molecular weight excluding hydrogens is 424 g/mol. The third-order valence-electron chi connectivity index (χ3n) is 7.17. The lowest BCUT2D eigenvalue weighted by Gasteiger charge is -2.54. The van der Waals surface area contributed by atoms with E-state index in [-0.39, 0.29) is 18.7 Å². The van der Waals surface area contributed by atoms with E-state index in [0.717, 1.165) is 22.6 Å². The van der Waals surface area contributed by atoms with Crippen molar-refractivity contribution in [2.24, 2.45) is 11.3 Å². The summed E-state index contributed by atoms with van der Waals surface area (Å²) < 4.78 is 0. The van der Waals surface area contributed by atoms with Gasteiger partial charge in [0.2, 0.25) is 11.8 Å². The predicted molar refractivity (Wildman–Crippen MR) is 119 cm³/mol. The second-order valence-electron chi connectivity index (χ2n) is 9.19. The molecule has 3 aliphatic heterocycles. The van der Waals surface area contributed by atoms with Gasteiger partial charge in [0.05, 0.1) is 17.5 Å². The number of nitrogens with zero attached hydrogens (tertiary/aromatic N) is 3. The first-order valence-corrected chi connectivity index (χ1v) is 11.1. The Labute approximate surface area is 190 Å². The highest BCUT2D eigenvalue weighted by Gasteiger charge is 2.62. The molecule has 170 valence electrons. The molecule has 5 rings (SSSR count). The van der Waals surface area contributed by atoms with Gasteiger partial charge in [-0.3, -0.25) is 29.9 Å². The summed E-state index contributed by atoms with van der Waals surface area (Å²) in [6, 6.07) is 12.6. The van der Waals surface area contributed by atoms with Crippen molar-refractivity contribution in [3.05, 3.63) is 69.8 Å². The Balaban J connectivity index is 1.62. The van der Waals surface area contributed by atoms with Crippen molar-refractivity contribution < 1.29 is 19.3 Å². The second kappa shape index (κ2) is 7.68. The summed E-state index contributed by atoms with van der Waals surface area (Å²) in [6.45, 7) is 2.77. The number of nitro groups is 1. The van der Waals surface area contributed by atoms with Gasteiger partial charge in [0.1, 0.15) is 0 Å². The molecule has 33 heavy (non-hydrogen) atoms. The van der Waals surface area contributed by atoms with E-state index in [4.69, 9.17) is 0 Å². The third kappa shape index (κ3) is 3.26. The van der Waals surface area contributed by atoms with Crippen LogP contribution in [0.15, 0.2) is 48.5 Å². The highest BCUT2D eigenvalue weighted by Crippen LogP contribution is 2.49. The van der Waals surface area contributed by atoms with Crippen LogP contribution in [0.2, 0.25) is 0 Å². The minimum Gasteiger partial charge on any atom is -0.367 e. The minimum atomic E-state index is -1.53. The third-order valence-corrected chi connectivity index (χ3v) is 7.17. The van der Waals surface area contributed by atoms with Crippen molar-refractivity contribution in [2.75, 3.05) is 11.4 Å². The van der Waals surface area contributed by atoms with Gasteiger partial charge in [0.25, 0.3) is 5.69 Å². The van der Waals surface area contributed by atoms with Gasteiger partial charge in [-0.05, 0) is 36.0 Å². The van der Waals surface area contributed by atoms with Crippen LogP contribution in [-0.4, -0.2) is 40.3 Å². The lowest BCUT2D eigenvalue weighted by molar-refractivity contribution is -0.384. The minimum absolute atomic E-state index is 0.0150. The van der Waals surface area contributed by atoms with Gasteiger partial charge in [-0.2, -0.15) is 0 Å². The summed E-state index contributed by atoms with van der Waals surface area (Å²) in [5, 5.41) is 13.8. The number of non-ortho nitro benzene ring substituents is 1. The largest absolute Gasteiger partial charge is 0.367 e. The first-order valence-electron chi connectivity index (χ1n) is 11.1. The monoisotopic (exact) mass is 448 g/mol. The predicted octanol–water partition coefficient (Wildman–Crippen LogP) is 3.02. The number of amides is 4. The number of urea groups is 1. The summed E-state index contributed by atoms with van der Waals surface area (Å²) in [5.74, 6) is -0.868. The average molecular weight is 448 g/mol. The Kier molecular flexibility index (Phi) is 4.92. The molecule has 2 saturated heterocycles. The zero-order chi connectivity index (χ0) is 23.3. The number of imide groups is 2. The van der Waals surface area contributed by atoms with Crippen LogP contribution in [0.3, 0.4) is 0 Å². The van der Waals surface area contributed by atoms with Crippen molar-refractivity contribution in [1.82, 2.24) is 10.2 Å². The Bertz CT molecular complexity index is 1170. The van der Waals surface area contributed by atoms with E-state index in [1.165, 1.54) is 12.1 Å². The fourth-order valence-corrected chi connectivity index (χ4v) is 5.49. The Morgan fingerprint density at radius 3 is 2.64 bits per heavy atom. The average Bonchev–Trinajstić information content (AvgIpc) is 2.80. The molecule has 4 amide bonds. The zero-order valence-corrected chi connectivity index (χ0v) is 18.2. The topological polar surface area (TPSA) is 113 Å². The number of nitro benzene ring substituents is 1. The van der Waals surface area contributed by atoms with E-state index in [0.29, 0.717) is 24.4 Å². The van der Waals surface area contributed by atoms with E-state index in [1.807, 2.05) is 35.2 Å². The van der Waals surface area contributed by atoms with Crippen LogP contribution in [0, 0.1) is 21.4 Å². The van der Waals surface area contributed by atoms with Crippen molar-refractivity contribution in [3.63, 3.8) is 0 Å². The van der Waals surface area contributed by atoms with E-state index in [1.54, 1.807) is 6.07 Å². The fraction of sp³-hybridized carbons (Fsp3) is 0.375. The van der Waals surface area contributed by atoms with Crippen molar-refractivity contribution in [1.29, 1.82) is 0 Å². The Hall–Kier alpha value is -3.75. The first kappa shape index (κ1) is 21.1. The molecule has 2 aromatic rings. The molecule has 3 atom stereocenters. The Morgan fingerprint density at radius 2 is 1.91 bits per heavy atom. The van der Waals surface area contributed by atoms with Gasteiger partial charge in [0, 0.05) is 30.8 Å². The molecule has 1 spiro atoms. The normalized spacial score (nSPS) is 26.6. The maximum absolute atomic E-state index is 14.0. The van der Waals surface area contributed by atoms with Crippen LogP contribution >= 0.6 is 0 Å². The summed E-state index contributed by atoms with van der Waals surface area (Å²) in [4.78, 5) is 54.2. The van der Waals surface area contributed by atoms with Gasteiger partial charge in [-0.15, -0.1) is 0 Å². The van der Waals surface area contributed by atoms with Crippen LogP contribution in [0.4, 0.5) is 16.2 Å². The standard InChI is InChI=1S/C24H24N4O5/c1-15-9-10-26-19-8-7-18(28(32)33)12-17(19)13-24(20(26)11-15)21(29)25-23(31)27(22(24)30)14-16-5-3-2-4-6-16/h2-8,12,15,20H,9-11,13-14H2,1H3,(H,25,29,31)/t15-,20-,24+/m0/s1. The van der Waals surface area contributed by atoms with Crippen LogP contribution in [-0.2, 0) is 22.6 Å². The van der Waals surface area contributed by atoms with E-state index < -0.39 is 34.2 Å². The van der Waals surface area contributed by atoms with Crippen LogP contribution in [0.1, 0.15) is 30.9 Å². The SMILES string of the molecule is C[C@H]1CCN2c3ccc([N+](=O)[O-])cc3C[C@]3(C(=O)NC(=O)N(Cc4ccccc4)C3=O)[C@@H]2C1. The van der Waals surface area contributed by atoms with E-state index in [9.17, 15) is 24.5 Å². The van der Waals surface area contributed by atoms with Gasteiger partial charge in [-0.25, -0.2) is 4.79 Å². The summed E-state index contributed by atoms with van der Waals surface area (Å²) in [6.07, 6.45) is 1.51. The fourth-order valence-electron chi connectivity index (χ4n) is 5.49. The van der Waals surface area contributed by atoms with Gasteiger partial charge in [-0.1, -0.05) is 37.3 Å². The van der Waals surface area contributed by atoms with Crippen molar-refractivity contribution in [3.8, 4) is 0 Å². The van der Waals surface area contributed by atoms with E-state index >= 15 is 0 Å². The molecule has 3 aliphatic rings. The lowest BCUT2D eigenvalue weighted by Crippen LogP contribution is -2.72. The summed E-state index contributed by atoms with van der Waals surface area (Å²) in [7, 11) is 0. The molecule has 3 heterocycles. The molecule has 2 aromatic carbocycles. The molecule has 0 unspecified atom stereocenters. The number of benzene rings is 2. The van der Waals surface area contributed by atoms with Gasteiger partial charge >= 0.3 is 6.03 Å². The lowest BCUT2D eigenvalue weighted by atomic mass is 9.64. The van der Waals surface area contributed by atoms with Gasteiger partial charge < -0.3 is 4.90 Å². The van der Waals surface area contributed by atoms with Gasteiger partial charge in [0.15, 0.2) is 5.41 Å². The molecule has 2 fully saturated rings. The quantitative estimate of drug-likeness (QED) is 0.439. The number of hydrogen-bond donors (Lipinski definition) is 1. The van der Waals surface area contributed by atoms with Crippen molar-refractivity contribution in [2.45, 2.75) is 38.8 Å². The van der Waals surface area contributed by atoms with Crippen LogP contribution in [0.25, 0.3) is 0 Å². The number of barbiturate groups is 1. The highest BCUT2D eigenvalue weighted by molar-refractivity contribution is 6.20. The molecule has 9 nitrogen and oxygen atoms in total. The van der Waals surface area contributed by atoms with E-state index in [2.05, 4.69) is 12.2 Å². The molecular formula is C24H24N4O5. The number of anilines is 1. The van der Waals surface area contributed by atoms with Crippen LogP contribution in [0.5, 0.6) is 0 Å². The summed E-state index contributed by atoms with van der Waals surface area (Å²) >= 11 is 0. The van der Waals surface area contributed by atoms with Crippen LogP contribution < -0.4 is 10.2 Å². The smallest absolute Gasteiger partial charge is 0.331 e. The molecule has 9 heteroatoms. The molecule has 0 aliphatic carbocycles. The number of rotatable bonds is 3. The first-order chi connectivity index (χ1) is 15.8. The molecule has 0 saturated carbocycles. The molecule has 0 aromatic heterocycles. The molecule has 0 bridgehead atoms. The molecule has 0 radical (unpaired) electrons. The zero-order valence-electron chi connectivity index (χ0n) is 18.2. The highest BCUT2D eigenvalue weighted by atomic mass is 16.6. The number of carbonyl (C=O) groups excluding carboxylic acids is 3.